The Labute approximate surface area is 91.7 Å². The van der Waals surface area contributed by atoms with E-state index in [-0.39, 0.29) is 6.42 Å². The first-order valence-corrected chi connectivity index (χ1v) is 4.95. The quantitative estimate of drug-likeness (QED) is 0.823. The largest absolute Gasteiger partial charge is 0.481 e. The number of aliphatic carboxylic acids is 1. The molecule has 1 heterocycles. The second-order valence-corrected chi connectivity index (χ2v) is 3.87. The zero-order valence-corrected chi connectivity index (χ0v) is 8.93. The van der Waals surface area contributed by atoms with Crippen LogP contribution in [0.15, 0.2) is 18.2 Å². The van der Waals surface area contributed by atoms with E-state index in [1.165, 1.54) is 0 Å². The number of halogens is 1. The van der Waals surface area contributed by atoms with Gasteiger partial charge < -0.3 is 10.1 Å². The lowest BCUT2D eigenvalue weighted by Crippen LogP contribution is -2.00. The molecule has 2 aromatic rings. The van der Waals surface area contributed by atoms with E-state index in [0.29, 0.717) is 5.02 Å². The van der Waals surface area contributed by atoms with Crippen LogP contribution in [-0.4, -0.2) is 16.1 Å². The predicted molar refractivity (Wildman–Crippen MR) is 59.4 cm³/mol. The second-order valence-electron chi connectivity index (χ2n) is 3.46. The maximum Gasteiger partial charge on any atom is 0.307 e. The highest BCUT2D eigenvalue weighted by Gasteiger charge is 2.13. The van der Waals surface area contributed by atoms with Gasteiger partial charge in [0.15, 0.2) is 0 Å². The lowest BCUT2D eigenvalue weighted by Gasteiger charge is -1.98. The van der Waals surface area contributed by atoms with Crippen molar-refractivity contribution in [1.82, 2.24) is 4.98 Å². The van der Waals surface area contributed by atoms with Crippen molar-refractivity contribution in [2.75, 3.05) is 0 Å². The van der Waals surface area contributed by atoms with Gasteiger partial charge in [-0.05, 0) is 24.6 Å². The number of aromatic amines is 1. The SMILES string of the molecule is Cc1[nH]c2cccc(Cl)c2c1CC(=O)O. The van der Waals surface area contributed by atoms with Gasteiger partial charge in [0, 0.05) is 16.6 Å². The number of hydrogen-bond acceptors (Lipinski definition) is 1. The molecule has 0 aliphatic heterocycles. The summed E-state index contributed by atoms with van der Waals surface area (Å²) in [7, 11) is 0. The van der Waals surface area contributed by atoms with Crippen molar-refractivity contribution in [3.63, 3.8) is 0 Å². The number of fused-ring (bicyclic) bond motifs is 1. The fraction of sp³-hybridized carbons (Fsp3) is 0.182. The number of hydrogen-bond donors (Lipinski definition) is 2. The number of H-pyrrole nitrogens is 1. The summed E-state index contributed by atoms with van der Waals surface area (Å²) < 4.78 is 0. The van der Waals surface area contributed by atoms with Crippen molar-refractivity contribution in [1.29, 1.82) is 0 Å². The molecule has 2 rings (SSSR count). The Morgan fingerprint density at radius 1 is 1.53 bits per heavy atom. The minimum absolute atomic E-state index is 0.00440. The van der Waals surface area contributed by atoms with Crippen molar-refractivity contribution >= 4 is 28.5 Å². The Morgan fingerprint density at radius 2 is 2.27 bits per heavy atom. The summed E-state index contributed by atoms with van der Waals surface area (Å²) in [6.45, 7) is 1.86. The molecule has 1 aromatic carbocycles. The molecule has 0 amide bonds. The van der Waals surface area contributed by atoms with Crippen LogP contribution in [0.1, 0.15) is 11.3 Å². The first-order valence-electron chi connectivity index (χ1n) is 4.57. The average Bonchev–Trinajstić information content (AvgIpc) is 2.43. The summed E-state index contributed by atoms with van der Waals surface area (Å²) >= 11 is 6.05. The van der Waals surface area contributed by atoms with E-state index in [1.807, 2.05) is 19.1 Å². The molecule has 0 aliphatic carbocycles. The highest BCUT2D eigenvalue weighted by atomic mass is 35.5. The average molecular weight is 224 g/mol. The zero-order valence-electron chi connectivity index (χ0n) is 8.17. The van der Waals surface area contributed by atoms with Crippen LogP contribution < -0.4 is 0 Å². The molecule has 3 nitrogen and oxygen atoms in total. The summed E-state index contributed by atoms with van der Waals surface area (Å²) in [6.07, 6.45) is -0.00440. The third-order valence-electron chi connectivity index (χ3n) is 2.42. The summed E-state index contributed by atoms with van der Waals surface area (Å²) in [4.78, 5) is 13.8. The maximum atomic E-state index is 10.7. The van der Waals surface area contributed by atoms with Gasteiger partial charge in [-0.1, -0.05) is 17.7 Å². The number of aryl methyl sites for hydroxylation is 1. The van der Waals surface area contributed by atoms with Gasteiger partial charge in [0.2, 0.25) is 0 Å². The van der Waals surface area contributed by atoms with Crippen molar-refractivity contribution in [3.8, 4) is 0 Å². The molecule has 0 radical (unpaired) electrons. The molecular formula is C11H10ClNO2. The monoisotopic (exact) mass is 223 g/mol. The molecule has 78 valence electrons. The summed E-state index contributed by atoms with van der Waals surface area (Å²) in [5, 5.41) is 10.2. The third-order valence-corrected chi connectivity index (χ3v) is 2.73. The van der Waals surface area contributed by atoms with E-state index < -0.39 is 5.97 Å². The smallest absolute Gasteiger partial charge is 0.307 e. The first-order chi connectivity index (χ1) is 7.09. The molecule has 4 heteroatoms. The molecule has 0 unspecified atom stereocenters. The first kappa shape index (κ1) is 10.1. The van der Waals surface area contributed by atoms with Crippen LogP contribution in [0.4, 0.5) is 0 Å². The number of nitrogens with one attached hydrogen (secondary N) is 1. The number of carbonyl (C=O) groups is 1. The highest BCUT2D eigenvalue weighted by Crippen LogP contribution is 2.29. The molecule has 0 fully saturated rings. The van der Waals surface area contributed by atoms with Crippen LogP contribution in [0.3, 0.4) is 0 Å². The highest BCUT2D eigenvalue weighted by molar-refractivity contribution is 6.35. The van der Waals surface area contributed by atoms with Gasteiger partial charge in [-0.25, -0.2) is 0 Å². The fourth-order valence-corrected chi connectivity index (χ4v) is 2.06. The van der Waals surface area contributed by atoms with Crippen molar-refractivity contribution in [2.24, 2.45) is 0 Å². The van der Waals surface area contributed by atoms with Gasteiger partial charge in [-0.2, -0.15) is 0 Å². The maximum absolute atomic E-state index is 10.7. The lowest BCUT2D eigenvalue weighted by atomic mass is 10.1. The molecule has 0 atom stereocenters. The molecule has 0 bridgehead atoms. The molecule has 0 aliphatic rings. The minimum Gasteiger partial charge on any atom is -0.481 e. The van der Waals surface area contributed by atoms with Crippen LogP contribution in [-0.2, 0) is 11.2 Å². The van der Waals surface area contributed by atoms with Crippen LogP contribution >= 0.6 is 11.6 Å². The summed E-state index contributed by atoms with van der Waals surface area (Å²) in [5.41, 5.74) is 2.51. The van der Waals surface area contributed by atoms with Crippen LogP contribution in [0.5, 0.6) is 0 Å². The Morgan fingerprint density at radius 3 is 2.93 bits per heavy atom. The Kier molecular flexibility index (Phi) is 2.40. The van der Waals surface area contributed by atoms with E-state index in [9.17, 15) is 4.79 Å². The van der Waals surface area contributed by atoms with Crippen LogP contribution in [0, 0.1) is 6.92 Å². The summed E-state index contributed by atoms with van der Waals surface area (Å²) in [5.74, 6) is -0.848. The number of rotatable bonds is 2. The third kappa shape index (κ3) is 1.70. The van der Waals surface area contributed by atoms with E-state index >= 15 is 0 Å². The molecule has 0 saturated heterocycles. The molecule has 0 saturated carbocycles. The van der Waals surface area contributed by atoms with Crippen molar-refractivity contribution < 1.29 is 9.90 Å². The molecular weight excluding hydrogens is 214 g/mol. The van der Waals surface area contributed by atoms with E-state index in [4.69, 9.17) is 16.7 Å². The van der Waals surface area contributed by atoms with Gasteiger partial charge in [0.25, 0.3) is 0 Å². The van der Waals surface area contributed by atoms with Crippen LogP contribution in [0.25, 0.3) is 10.9 Å². The van der Waals surface area contributed by atoms with Crippen molar-refractivity contribution in [3.05, 3.63) is 34.5 Å². The second kappa shape index (κ2) is 3.59. The normalized spacial score (nSPS) is 10.8. The van der Waals surface area contributed by atoms with E-state index in [1.54, 1.807) is 6.07 Å². The minimum atomic E-state index is -0.848. The number of carboxylic acids is 1. The van der Waals surface area contributed by atoms with E-state index in [0.717, 1.165) is 22.2 Å². The number of carboxylic acid groups (broad SMARTS) is 1. The molecule has 0 spiro atoms. The molecule has 15 heavy (non-hydrogen) atoms. The van der Waals surface area contributed by atoms with Crippen molar-refractivity contribution in [2.45, 2.75) is 13.3 Å². The van der Waals surface area contributed by atoms with Gasteiger partial charge in [0.05, 0.1) is 11.4 Å². The number of aromatic nitrogens is 1. The van der Waals surface area contributed by atoms with Gasteiger partial charge in [0.1, 0.15) is 0 Å². The Hall–Kier alpha value is -1.48. The molecule has 2 N–H and O–H groups in total. The Balaban J connectivity index is 2.71. The van der Waals surface area contributed by atoms with E-state index in [2.05, 4.69) is 4.98 Å². The zero-order chi connectivity index (χ0) is 11.0. The fourth-order valence-electron chi connectivity index (χ4n) is 1.77. The topological polar surface area (TPSA) is 53.1 Å². The lowest BCUT2D eigenvalue weighted by molar-refractivity contribution is -0.136. The molecule has 1 aromatic heterocycles. The van der Waals surface area contributed by atoms with Crippen LogP contribution in [0.2, 0.25) is 5.02 Å². The standard InChI is InChI=1S/C11H10ClNO2/c1-6-7(5-10(14)15)11-8(12)3-2-4-9(11)13-6/h2-4,13H,5H2,1H3,(H,14,15). The van der Waals surface area contributed by atoms with Gasteiger partial charge in [-0.15, -0.1) is 0 Å². The van der Waals surface area contributed by atoms with Gasteiger partial charge in [-0.3, -0.25) is 4.79 Å². The predicted octanol–water partition coefficient (Wildman–Crippen LogP) is 2.76. The van der Waals surface area contributed by atoms with Gasteiger partial charge >= 0.3 is 5.97 Å². The summed E-state index contributed by atoms with van der Waals surface area (Å²) in [6, 6.07) is 5.49. The Bertz CT molecular complexity index is 531. The number of benzene rings is 1.